The number of nitrogens with one attached hydrogen (secondary N) is 11. The fraction of sp³-hybridized carbons (Fsp3) is 0.561. The normalized spacial score (nSPS) is 15.8. The quantitative estimate of drug-likeness (QED) is 0.0197. The van der Waals surface area contributed by atoms with Crippen LogP contribution in [0.15, 0.2) is 48.5 Å². The molecule has 1 saturated heterocycles. The summed E-state index contributed by atoms with van der Waals surface area (Å²) in [7, 11) is 0. The molecule has 0 spiro atoms. The molecule has 1 fully saturated rings. The van der Waals surface area contributed by atoms with Crippen molar-refractivity contribution in [3.63, 3.8) is 0 Å². The molecule has 486 valence electrons. The van der Waals surface area contributed by atoms with Crippen molar-refractivity contribution < 1.29 is 78.3 Å². The van der Waals surface area contributed by atoms with E-state index in [1.807, 2.05) is 0 Å². The predicted molar refractivity (Wildman–Crippen MR) is 318 cm³/mol. The maximum absolute atomic E-state index is 14.9. The van der Waals surface area contributed by atoms with Crippen LogP contribution >= 0.6 is 0 Å². The largest absolute Gasteiger partial charge is 0.508 e. The first kappa shape index (κ1) is 73.0. The molecule has 1 heterocycles. The average Bonchev–Trinajstić information content (AvgIpc) is 2.20. The Hall–Kier alpha value is -9.29. The number of likely N-dealkylation sites (tertiary alicyclic amines) is 1. The summed E-state index contributed by atoms with van der Waals surface area (Å²) in [6.45, 7) is 7.08. The number of nitrogens with two attached hydrogens (primary N) is 3. The van der Waals surface area contributed by atoms with Crippen molar-refractivity contribution in [2.24, 2.45) is 29.0 Å². The van der Waals surface area contributed by atoms with Gasteiger partial charge in [-0.05, 0) is 111 Å². The monoisotopic (exact) mass is 1240 g/mol. The van der Waals surface area contributed by atoms with E-state index in [9.17, 15) is 78.3 Å². The van der Waals surface area contributed by atoms with Gasteiger partial charge in [-0.15, -0.1) is 0 Å². The second-order valence-electron chi connectivity index (χ2n) is 22.1. The van der Waals surface area contributed by atoms with Gasteiger partial charge in [0.1, 0.15) is 59.8 Å². The molecule has 2 aromatic carbocycles. The van der Waals surface area contributed by atoms with Crippen molar-refractivity contribution in [1.29, 1.82) is 10.8 Å². The Kier molecular flexibility index (Phi) is 30.4. The molecule has 22 N–H and O–H groups in total. The maximum atomic E-state index is 14.9. The first-order valence-corrected chi connectivity index (χ1v) is 29.1. The molecule has 8 amide bonds. The third-order valence-electron chi connectivity index (χ3n) is 14.5. The van der Waals surface area contributed by atoms with Crippen molar-refractivity contribution in [1.82, 2.24) is 52.8 Å². The number of phenolic OH excluding ortho intramolecular Hbond substituents is 2. The van der Waals surface area contributed by atoms with Crippen LogP contribution < -0.4 is 65.1 Å². The minimum Gasteiger partial charge on any atom is -0.508 e. The molecule has 31 heteroatoms. The zero-order valence-corrected chi connectivity index (χ0v) is 49.9. The van der Waals surface area contributed by atoms with Crippen molar-refractivity contribution in [2.75, 3.05) is 19.6 Å². The molecular weight excluding hydrogens is 1150 g/mol. The van der Waals surface area contributed by atoms with Crippen LogP contribution in [0.1, 0.15) is 116 Å². The summed E-state index contributed by atoms with van der Waals surface area (Å²) in [6, 6.07) is -1.57. The van der Waals surface area contributed by atoms with Gasteiger partial charge in [0.05, 0.1) is 6.04 Å². The highest BCUT2D eigenvalue weighted by Crippen LogP contribution is 2.23. The number of carboxylic acid groups (broad SMARTS) is 3. The molecular formula is C57H87N15O16. The summed E-state index contributed by atoms with van der Waals surface area (Å²) in [5.41, 5.74) is 18.1. The number of carbonyl (C=O) groups is 11. The maximum Gasteiger partial charge on any atom is 0.326 e. The van der Waals surface area contributed by atoms with Crippen LogP contribution in [0.5, 0.6) is 11.5 Å². The highest BCUT2D eigenvalue weighted by Gasteiger charge is 2.41. The number of hydrogen-bond acceptors (Lipinski definition) is 16. The molecule has 3 rings (SSSR count). The second kappa shape index (κ2) is 36.6. The lowest BCUT2D eigenvalue weighted by Gasteiger charge is -2.32. The van der Waals surface area contributed by atoms with Gasteiger partial charge in [-0.1, -0.05) is 58.4 Å². The molecule has 10 atom stereocenters. The Morgan fingerprint density at radius 3 is 1.39 bits per heavy atom. The van der Waals surface area contributed by atoms with Gasteiger partial charge < -0.3 is 95.5 Å². The molecule has 1 aliphatic rings. The number of aromatic hydroxyl groups is 2. The lowest BCUT2D eigenvalue weighted by atomic mass is 9.96. The number of hydrogen-bond donors (Lipinski definition) is 19. The van der Waals surface area contributed by atoms with Gasteiger partial charge in [0, 0.05) is 38.9 Å². The molecule has 0 aliphatic carbocycles. The minimum absolute atomic E-state index is 0.00836. The molecule has 0 radical (unpaired) electrons. The Morgan fingerprint density at radius 1 is 0.568 bits per heavy atom. The van der Waals surface area contributed by atoms with Gasteiger partial charge in [-0.3, -0.25) is 58.8 Å². The first-order valence-electron chi connectivity index (χ1n) is 29.1. The SMILES string of the molecule is CC[C@H](C)[C@H](NC(=O)[C@@H]1CCCN1C(=O)[C@H](Cc1ccc(O)cc1)NC(=O)[C@H](CCCNC(=N)N)NC(=O)[C@H](CCC(=O)O)NC(=O)[C@H](CCC(=O)O)NC(=O)[C@H](CCCNC(=N)N)NC(=O)[C@@H](N)Cc1ccc(O)cc1)C(=O)N[C@@H](CC(C)C)C(=O)O. The summed E-state index contributed by atoms with van der Waals surface area (Å²) in [5, 5.41) is 87.0. The van der Waals surface area contributed by atoms with E-state index in [1.165, 1.54) is 53.4 Å². The number of amides is 8. The summed E-state index contributed by atoms with van der Waals surface area (Å²) >= 11 is 0. The zero-order chi connectivity index (χ0) is 65.8. The minimum atomic E-state index is -1.81. The van der Waals surface area contributed by atoms with Crippen LogP contribution in [0.4, 0.5) is 0 Å². The van der Waals surface area contributed by atoms with Crippen molar-refractivity contribution in [3.8, 4) is 11.5 Å². The van der Waals surface area contributed by atoms with E-state index in [4.69, 9.17) is 28.0 Å². The molecule has 2 aromatic rings. The number of rotatable bonds is 38. The predicted octanol–water partition coefficient (Wildman–Crippen LogP) is -1.97. The third-order valence-corrected chi connectivity index (χ3v) is 14.5. The number of carboxylic acids is 3. The van der Waals surface area contributed by atoms with Crippen molar-refractivity contribution in [3.05, 3.63) is 59.7 Å². The van der Waals surface area contributed by atoms with Crippen LogP contribution in [0.2, 0.25) is 0 Å². The number of phenols is 2. The van der Waals surface area contributed by atoms with E-state index < -0.39 is 163 Å². The Bertz CT molecular complexity index is 2750. The lowest BCUT2D eigenvalue weighted by Crippen LogP contribution is -2.61. The van der Waals surface area contributed by atoms with Gasteiger partial charge in [0.25, 0.3) is 0 Å². The number of guanidine groups is 2. The molecule has 88 heavy (non-hydrogen) atoms. The van der Waals surface area contributed by atoms with Crippen molar-refractivity contribution in [2.45, 2.75) is 172 Å². The van der Waals surface area contributed by atoms with Crippen LogP contribution in [-0.2, 0) is 65.6 Å². The number of aliphatic carboxylic acids is 3. The number of carbonyl (C=O) groups excluding carboxylic acids is 8. The highest BCUT2D eigenvalue weighted by atomic mass is 16.4. The van der Waals surface area contributed by atoms with Crippen LogP contribution in [-0.4, -0.2) is 182 Å². The van der Waals surface area contributed by atoms with E-state index >= 15 is 0 Å². The van der Waals surface area contributed by atoms with Crippen LogP contribution in [0.25, 0.3) is 0 Å². The fourth-order valence-electron chi connectivity index (χ4n) is 9.49. The summed E-state index contributed by atoms with van der Waals surface area (Å²) in [4.78, 5) is 151. The third kappa shape index (κ3) is 25.7. The molecule has 0 unspecified atom stereocenters. The Balaban J connectivity index is 2.00. The van der Waals surface area contributed by atoms with Gasteiger partial charge >= 0.3 is 17.9 Å². The first-order chi connectivity index (χ1) is 41.5. The summed E-state index contributed by atoms with van der Waals surface area (Å²) in [6.07, 6.45) is -2.35. The van der Waals surface area contributed by atoms with Crippen molar-refractivity contribution >= 4 is 77.1 Å². The topological polar surface area (TPSA) is 526 Å². The lowest BCUT2D eigenvalue weighted by molar-refractivity contribution is -0.144. The average molecular weight is 1240 g/mol. The summed E-state index contributed by atoms with van der Waals surface area (Å²) < 4.78 is 0. The van der Waals surface area contributed by atoms with E-state index in [-0.39, 0.29) is 88.4 Å². The second-order valence-corrected chi connectivity index (χ2v) is 22.1. The van der Waals surface area contributed by atoms with E-state index in [1.54, 1.807) is 27.7 Å². The molecule has 0 bridgehead atoms. The van der Waals surface area contributed by atoms with Gasteiger partial charge in [-0.25, -0.2) is 4.79 Å². The smallest absolute Gasteiger partial charge is 0.326 e. The number of benzene rings is 2. The van der Waals surface area contributed by atoms with E-state index in [2.05, 4.69) is 47.9 Å². The Labute approximate surface area is 509 Å². The van der Waals surface area contributed by atoms with Gasteiger partial charge in [0.2, 0.25) is 47.3 Å². The Morgan fingerprint density at radius 2 is 0.977 bits per heavy atom. The van der Waals surface area contributed by atoms with E-state index in [0.29, 0.717) is 24.0 Å². The number of nitrogens with zero attached hydrogens (tertiary/aromatic N) is 1. The van der Waals surface area contributed by atoms with Gasteiger partial charge in [-0.2, -0.15) is 0 Å². The molecule has 1 aliphatic heterocycles. The zero-order valence-electron chi connectivity index (χ0n) is 49.9. The molecule has 0 saturated carbocycles. The molecule has 0 aromatic heterocycles. The highest BCUT2D eigenvalue weighted by molar-refractivity contribution is 5.98. The van der Waals surface area contributed by atoms with Crippen LogP contribution in [0.3, 0.4) is 0 Å². The van der Waals surface area contributed by atoms with Crippen LogP contribution in [0, 0.1) is 22.7 Å². The fourth-order valence-corrected chi connectivity index (χ4v) is 9.49. The van der Waals surface area contributed by atoms with E-state index in [0.717, 1.165) is 0 Å². The standard InChI is InChI=1S/C57H87N15O16/c1-5-31(4)46(53(85)70-42(55(87)88)27-30(2)3)71-52(84)43-11-8-26-72(43)54(86)41(29-33-14-18-35(74)19-15-33)69-49(81)38(10-7-25-64-57(61)62)66-50(82)39(20-22-44(75)76)68-51(83)40(21-23-45(77)78)67-48(80)37(9-6-24-63-56(59)60)65-47(79)36(58)28-32-12-16-34(73)17-13-32/h12-19,30-31,36-43,46,73-74H,5-11,20-29,58H2,1-4H3,(H,65,79)(H,66,82)(H,67,80)(H,68,83)(H,69,81)(H,70,85)(H,71,84)(H,75,76)(H,77,78)(H,87,88)(H4,59,60,63)(H4,61,62,64)/t31-,36-,37-,38-,39-,40-,41-,42-,43-,46-/m0/s1. The molecule has 31 nitrogen and oxygen atoms in total. The van der Waals surface area contributed by atoms with Gasteiger partial charge in [0.15, 0.2) is 11.9 Å². The summed E-state index contributed by atoms with van der Waals surface area (Å²) in [5.74, 6) is -13.1.